The molecule has 6 nitrogen and oxygen atoms in total. The topological polar surface area (TPSA) is 62.5 Å². The van der Waals surface area contributed by atoms with Crippen molar-refractivity contribution in [3.05, 3.63) is 46.5 Å². The number of amides is 2. The fraction of sp³-hybridized carbons (Fsp3) is 0.389. The zero-order chi connectivity index (χ0) is 17.4. The number of nitrogens with one attached hydrogen (secondary N) is 1. The van der Waals surface area contributed by atoms with Crippen LogP contribution < -0.4 is 5.32 Å². The zero-order valence-electron chi connectivity index (χ0n) is 14.3. The molecule has 4 heterocycles. The van der Waals surface area contributed by atoms with Gasteiger partial charge in [-0.25, -0.2) is 4.79 Å². The van der Waals surface area contributed by atoms with Crippen molar-refractivity contribution in [2.24, 2.45) is 0 Å². The van der Waals surface area contributed by atoms with E-state index in [1.54, 1.807) is 11.3 Å². The number of hydrogen-bond donors (Lipinski definition) is 1. The van der Waals surface area contributed by atoms with Gasteiger partial charge >= 0.3 is 6.03 Å². The Kier molecular flexibility index (Phi) is 4.17. The molecule has 0 bridgehead atoms. The number of aromatic nitrogens is 3. The maximum Gasteiger partial charge on any atom is 0.322 e. The first kappa shape index (κ1) is 16.1. The lowest BCUT2D eigenvalue weighted by Crippen LogP contribution is -2.34. The van der Waals surface area contributed by atoms with Crippen LogP contribution in [-0.4, -0.2) is 32.1 Å². The van der Waals surface area contributed by atoms with Crippen molar-refractivity contribution in [2.45, 2.75) is 38.6 Å². The molecule has 1 unspecified atom stereocenters. The van der Waals surface area contributed by atoms with Gasteiger partial charge in [-0.2, -0.15) is 0 Å². The minimum Gasteiger partial charge on any atom is -0.317 e. The minimum atomic E-state index is -0.0468. The van der Waals surface area contributed by atoms with Crippen LogP contribution in [0.3, 0.4) is 0 Å². The lowest BCUT2D eigenvalue weighted by molar-refractivity contribution is 0.208. The van der Waals surface area contributed by atoms with E-state index in [2.05, 4.69) is 40.8 Å². The highest BCUT2D eigenvalue weighted by Crippen LogP contribution is 2.34. The lowest BCUT2D eigenvalue weighted by atomic mass is 10.2. The summed E-state index contributed by atoms with van der Waals surface area (Å²) in [5.74, 6) is 1.16. The van der Waals surface area contributed by atoms with Gasteiger partial charge in [0, 0.05) is 23.5 Å². The molecular formula is C18H21N5OS. The van der Waals surface area contributed by atoms with Crippen LogP contribution in [0.2, 0.25) is 0 Å². The van der Waals surface area contributed by atoms with E-state index in [9.17, 15) is 4.79 Å². The number of carbonyl (C=O) groups excluding carboxylic acids is 1. The molecule has 3 aromatic rings. The van der Waals surface area contributed by atoms with Crippen molar-refractivity contribution in [1.82, 2.24) is 19.5 Å². The maximum absolute atomic E-state index is 12.8. The molecule has 0 saturated carbocycles. The molecule has 0 radical (unpaired) electrons. The Balaban J connectivity index is 1.56. The molecule has 1 N–H and O–H groups in total. The Bertz CT molecular complexity index is 886. The van der Waals surface area contributed by atoms with E-state index >= 15 is 0 Å². The number of fused-ring (bicyclic) bond motifs is 1. The number of urea groups is 1. The van der Waals surface area contributed by atoms with Crippen LogP contribution in [0.25, 0.3) is 5.65 Å². The molecule has 2 amide bonds. The molecule has 130 valence electrons. The monoisotopic (exact) mass is 355 g/mol. The number of carbonyl (C=O) groups is 1. The number of pyridine rings is 1. The largest absolute Gasteiger partial charge is 0.322 e. The summed E-state index contributed by atoms with van der Waals surface area (Å²) in [7, 11) is 0. The van der Waals surface area contributed by atoms with E-state index in [0.717, 1.165) is 36.5 Å². The third-order valence-electron chi connectivity index (χ3n) is 4.58. The van der Waals surface area contributed by atoms with Crippen molar-refractivity contribution in [2.75, 3.05) is 11.9 Å². The van der Waals surface area contributed by atoms with E-state index in [0.29, 0.717) is 0 Å². The summed E-state index contributed by atoms with van der Waals surface area (Å²) in [4.78, 5) is 16.0. The van der Waals surface area contributed by atoms with Gasteiger partial charge in [-0.1, -0.05) is 19.9 Å². The zero-order valence-corrected chi connectivity index (χ0v) is 15.2. The molecule has 25 heavy (non-hydrogen) atoms. The van der Waals surface area contributed by atoms with Crippen LogP contribution in [-0.2, 0) is 0 Å². The summed E-state index contributed by atoms with van der Waals surface area (Å²) < 4.78 is 1.95. The highest BCUT2D eigenvalue weighted by atomic mass is 32.1. The lowest BCUT2D eigenvalue weighted by Gasteiger charge is -2.24. The van der Waals surface area contributed by atoms with Gasteiger partial charge in [-0.05, 0) is 36.4 Å². The highest BCUT2D eigenvalue weighted by molar-refractivity contribution is 7.10. The second-order valence-corrected chi connectivity index (χ2v) is 7.64. The Morgan fingerprint density at radius 3 is 2.96 bits per heavy atom. The Labute approximate surface area is 150 Å². The van der Waals surface area contributed by atoms with Gasteiger partial charge < -0.3 is 10.2 Å². The minimum absolute atomic E-state index is 0.0468. The molecule has 1 atom stereocenters. The van der Waals surface area contributed by atoms with Crippen molar-refractivity contribution < 1.29 is 4.79 Å². The molecule has 4 rings (SSSR count). The van der Waals surface area contributed by atoms with Crippen molar-refractivity contribution in [3.63, 3.8) is 0 Å². The number of likely N-dealkylation sites (tertiary alicyclic amines) is 1. The van der Waals surface area contributed by atoms with Crippen molar-refractivity contribution in [1.29, 1.82) is 0 Å². The first-order valence-corrected chi connectivity index (χ1v) is 9.47. The van der Waals surface area contributed by atoms with Crippen LogP contribution in [0.5, 0.6) is 0 Å². The third kappa shape index (κ3) is 3.00. The molecular weight excluding hydrogens is 334 g/mol. The summed E-state index contributed by atoms with van der Waals surface area (Å²) in [5, 5.41) is 13.5. The first-order valence-electron chi connectivity index (χ1n) is 8.59. The normalized spacial score (nSPS) is 17.6. The quantitative estimate of drug-likeness (QED) is 0.762. The number of nitrogens with zero attached hydrogens (tertiary/aromatic N) is 4. The molecule has 1 saturated heterocycles. The summed E-state index contributed by atoms with van der Waals surface area (Å²) in [5.41, 5.74) is 1.55. The summed E-state index contributed by atoms with van der Waals surface area (Å²) >= 11 is 1.71. The number of anilines is 1. The summed E-state index contributed by atoms with van der Waals surface area (Å²) in [6.45, 7) is 4.95. The Hall–Kier alpha value is -2.41. The van der Waals surface area contributed by atoms with Gasteiger partial charge in [0.05, 0.1) is 11.7 Å². The first-order chi connectivity index (χ1) is 12.1. The fourth-order valence-electron chi connectivity index (χ4n) is 3.36. The molecule has 1 aliphatic rings. The van der Waals surface area contributed by atoms with Crippen LogP contribution in [0, 0.1) is 0 Å². The molecule has 1 aliphatic heterocycles. The van der Waals surface area contributed by atoms with Gasteiger partial charge in [-0.15, -0.1) is 21.5 Å². The molecule has 3 aromatic heterocycles. The van der Waals surface area contributed by atoms with Gasteiger partial charge in [0.2, 0.25) is 0 Å². The van der Waals surface area contributed by atoms with Gasteiger partial charge in [0.25, 0.3) is 0 Å². The summed E-state index contributed by atoms with van der Waals surface area (Å²) in [6, 6.07) is 8.05. The SMILES string of the molecule is CC(C)c1nnc2ccc(NC(=O)N3CCCC3c3cccs3)cn12. The van der Waals surface area contributed by atoms with Crippen LogP contribution in [0.1, 0.15) is 49.4 Å². The molecule has 1 fully saturated rings. The fourth-order valence-corrected chi connectivity index (χ4v) is 4.23. The predicted molar refractivity (Wildman–Crippen MR) is 99.1 cm³/mol. The standard InChI is InChI=1S/C18H21N5OS/c1-12(2)17-21-20-16-8-7-13(11-23(16)17)19-18(24)22-9-3-5-14(22)15-6-4-10-25-15/h4,6-8,10-12,14H,3,5,9H2,1-2H3,(H,19,24). The third-order valence-corrected chi connectivity index (χ3v) is 5.56. The second kappa shape index (κ2) is 6.48. The van der Waals surface area contributed by atoms with E-state index < -0.39 is 0 Å². The number of hydrogen-bond acceptors (Lipinski definition) is 4. The van der Waals surface area contributed by atoms with E-state index in [-0.39, 0.29) is 18.0 Å². The Morgan fingerprint density at radius 2 is 2.20 bits per heavy atom. The average Bonchev–Trinajstić information content (AvgIpc) is 3.33. The van der Waals surface area contributed by atoms with Gasteiger partial charge in [0.1, 0.15) is 5.82 Å². The maximum atomic E-state index is 12.8. The molecule has 0 aromatic carbocycles. The van der Waals surface area contributed by atoms with E-state index in [1.807, 2.05) is 33.7 Å². The molecule has 0 aliphatic carbocycles. The smallest absolute Gasteiger partial charge is 0.317 e. The Morgan fingerprint density at radius 1 is 1.32 bits per heavy atom. The van der Waals surface area contributed by atoms with Gasteiger partial charge in [-0.3, -0.25) is 4.40 Å². The van der Waals surface area contributed by atoms with Crippen LogP contribution >= 0.6 is 11.3 Å². The molecule has 7 heteroatoms. The highest BCUT2D eigenvalue weighted by Gasteiger charge is 2.30. The van der Waals surface area contributed by atoms with E-state index in [4.69, 9.17) is 0 Å². The number of thiophene rings is 1. The molecule has 0 spiro atoms. The van der Waals surface area contributed by atoms with E-state index in [1.165, 1.54) is 4.88 Å². The van der Waals surface area contributed by atoms with Gasteiger partial charge in [0.15, 0.2) is 5.65 Å². The van der Waals surface area contributed by atoms with Crippen molar-refractivity contribution >= 4 is 28.7 Å². The van der Waals surface area contributed by atoms with Crippen molar-refractivity contribution in [3.8, 4) is 0 Å². The van der Waals surface area contributed by atoms with Crippen LogP contribution in [0.15, 0.2) is 35.8 Å². The second-order valence-electron chi connectivity index (χ2n) is 6.66. The number of rotatable bonds is 3. The predicted octanol–water partition coefficient (Wildman–Crippen LogP) is 4.28. The summed E-state index contributed by atoms with van der Waals surface area (Å²) in [6.07, 6.45) is 3.96. The average molecular weight is 355 g/mol. The van der Waals surface area contributed by atoms with Crippen LogP contribution in [0.4, 0.5) is 10.5 Å².